The zero-order valence-electron chi connectivity index (χ0n) is 18.7. The van der Waals surface area contributed by atoms with Crippen LogP contribution in [-0.2, 0) is 22.6 Å². The standard InChI is InChI=1S/C22H26F2N6O3/c1-14-8-16(10-28-21(14)33-13-22(3,23)24)11-30-12-17-18(29-30)4-5-26-19(17)9-20(32)27-7-6-25-15(2)31/h4-5,8,10,12H,6-7,9,11,13H2,1-3H3,(H,25,31)(H,27,32). The molecule has 3 aromatic rings. The maximum atomic E-state index is 13.0. The summed E-state index contributed by atoms with van der Waals surface area (Å²) in [7, 11) is 0. The molecule has 0 radical (unpaired) electrons. The third-order valence-electron chi connectivity index (χ3n) is 4.61. The number of pyridine rings is 2. The average molecular weight is 460 g/mol. The fourth-order valence-electron chi connectivity index (χ4n) is 3.17. The summed E-state index contributed by atoms with van der Waals surface area (Å²) in [6.07, 6.45) is 5.04. The van der Waals surface area contributed by atoms with Crippen molar-refractivity contribution in [2.24, 2.45) is 0 Å². The van der Waals surface area contributed by atoms with E-state index in [0.29, 0.717) is 36.4 Å². The van der Waals surface area contributed by atoms with Gasteiger partial charge in [0.25, 0.3) is 5.92 Å². The minimum Gasteiger partial charge on any atom is -0.471 e. The van der Waals surface area contributed by atoms with Crippen molar-refractivity contribution in [1.82, 2.24) is 30.4 Å². The quantitative estimate of drug-likeness (QED) is 0.448. The van der Waals surface area contributed by atoms with Crippen molar-refractivity contribution in [1.29, 1.82) is 0 Å². The van der Waals surface area contributed by atoms with Gasteiger partial charge in [-0.15, -0.1) is 0 Å². The third kappa shape index (κ3) is 7.19. The zero-order valence-corrected chi connectivity index (χ0v) is 18.7. The molecule has 0 spiro atoms. The number of ether oxygens (including phenoxy) is 1. The van der Waals surface area contributed by atoms with Gasteiger partial charge in [-0.2, -0.15) is 5.10 Å². The first-order chi connectivity index (χ1) is 15.6. The molecule has 0 bridgehead atoms. The first-order valence-corrected chi connectivity index (χ1v) is 10.4. The van der Waals surface area contributed by atoms with Gasteiger partial charge >= 0.3 is 0 Å². The highest BCUT2D eigenvalue weighted by molar-refractivity contribution is 5.86. The number of alkyl halides is 2. The van der Waals surface area contributed by atoms with Crippen molar-refractivity contribution < 1.29 is 23.1 Å². The van der Waals surface area contributed by atoms with Crippen LogP contribution in [-0.4, -0.2) is 57.2 Å². The van der Waals surface area contributed by atoms with Crippen LogP contribution in [0.2, 0.25) is 0 Å². The minimum absolute atomic E-state index is 0.0812. The first-order valence-electron chi connectivity index (χ1n) is 10.4. The summed E-state index contributed by atoms with van der Waals surface area (Å²) in [6.45, 7) is 4.29. The number of halogens is 2. The lowest BCUT2D eigenvalue weighted by Gasteiger charge is -2.13. The highest BCUT2D eigenvalue weighted by Gasteiger charge is 2.22. The number of nitrogens with one attached hydrogen (secondary N) is 2. The molecule has 0 unspecified atom stereocenters. The zero-order chi connectivity index (χ0) is 24.0. The smallest absolute Gasteiger partial charge is 0.278 e. The fourth-order valence-corrected chi connectivity index (χ4v) is 3.17. The number of fused-ring (bicyclic) bond motifs is 1. The van der Waals surface area contributed by atoms with Crippen LogP contribution in [0.3, 0.4) is 0 Å². The SMILES string of the molecule is CC(=O)NCCNC(=O)Cc1nccc2nn(Cc3cnc(OCC(C)(F)F)c(C)c3)cc12. The van der Waals surface area contributed by atoms with Gasteiger partial charge in [-0.25, -0.2) is 13.8 Å². The molecule has 0 saturated heterocycles. The number of amides is 2. The Hall–Kier alpha value is -3.63. The van der Waals surface area contributed by atoms with E-state index in [-0.39, 0.29) is 24.1 Å². The van der Waals surface area contributed by atoms with Crippen molar-refractivity contribution in [3.05, 3.63) is 47.5 Å². The number of nitrogens with zero attached hydrogens (tertiary/aromatic N) is 4. The van der Waals surface area contributed by atoms with E-state index in [1.807, 2.05) is 6.07 Å². The van der Waals surface area contributed by atoms with Gasteiger partial charge in [0, 0.05) is 56.5 Å². The molecule has 0 saturated carbocycles. The van der Waals surface area contributed by atoms with Crippen LogP contribution in [0.1, 0.15) is 30.7 Å². The van der Waals surface area contributed by atoms with E-state index in [2.05, 4.69) is 25.7 Å². The molecule has 3 aromatic heterocycles. The number of aryl methyl sites for hydroxylation is 1. The number of aromatic nitrogens is 4. The molecule has 0 aliphatic heterocycles. The minimum atomic E-state index is -2.93. The molecule has 3 rings (SSSR count). The summed E-state index contributed by atoms with van der Waals surface area (Å²) in [5.74, 6) is -3.13. The van der Waals surface area contributed by atoms with E-state index in [9.17, 15) is 18.4 Å². The lowest BCUT2D eigenvalue weighted by molar-refractivity contribution is -0.121. The predicted molar refractivity (Wildman–Crippen MR) is 117 cm³/mol. The van der Waals surface area contributed by atoms with Gasteiger partial charge in [0.15, 0.2) is 6.61 Å². The van der Waals surface area contributed by atoms with Gasteiger partial charge in [0.05, 0.1) is 24.2 Å². The molecular formula is C22H26F2N6O3. The highest BCUT2D eigenvalue weighted by atomic mass is 19.3. The van der Waals surface area contributed by atoms with Crippen LogP contribution >= 0.6 is 0 Å². The Kier molecular flexibility index (Phi) is 7.52. The molecule has 0 fully saturated rings. The molecule has 0 aliphatic carbocycles. The molecule has 0 aliphatic rings. The molecule has 176 valence electrons. The van der Waals surface area contributed by atoms with Crippen molar-refractivity contribution in [3.63, 3.8) is 0 Å². The van der Waals surface area contributed by atoms with Crippen LogP contribution < -0.4 is 15.4 Å². The maximum Gasteiger partial charge on any atom is 0.278 e. The Labute approximate surface area is 189 Å². The van der Waals surface area contributed by atoms with Crippen molar-refractivity contribution >= 4 is 22.7 Å². The van der Waals surface area contributed by atoms with Gasteiger partial charge in [-0.3, -0.25) is 19.3 Å². The molecule has 11 heteroatoms. The summed E-state index contributed by atoms with van der Waals surface area (Å²) < 4.78 is 32.8. The third-order valence-corrected chi connectivity index (χ3v) is 4.61. The van der Waals surface area contributed by atoms with E-state index in [1.54, 1.807) is 36.3 Å². The van der Waals surface area contributed by atoms with E-state index in [1.165, 1.54) is 6.92 Å². The second kappa shape index (κ2) is 10.3. The molecule has 33 heavy (non-hydrogen) atoms. The van der Waals surface area contributed by atoms with Crippen LogP contribution in [0.4, 0.5) is 8.78 Å². The largest absolute Gasteiger partial charge is 0.471 e. The lowest BCUT2D eigenvalue weighted by Crippen LogP contribution is -2.34. The second-order valence-electron chi connectivity index (χ2n) is 7.85. The Morgan fingerprint density at radius 1 is 1.21 bits per heavy atom. The molecule has 9 nitrogen and oxygen atoms in total. The normalized spacial score (nSPS) is 11.4. The molecule has 0 aromatic carbocycles. The average Bonchev–Trinajstić information content (AvgIpc) is 3.13. The van der Waals surface area contributed by atoms with Gasteiger partial charge < -0.3 is 15.4 Å². The molecular weight excluding hydrogens is 434 g/mol. The summed E-state index contributed by atoms with van der Waals surface area (Å²) in [5, 5.41) is 10.6. The maximum absolute atomic E-state index is 13.0. The highest BCUT2D eigenvalue weighted by Crippen LogP contribution is 2.21. The molecule has 2 N–H and O–H groups in total. The van der Waals surface area contributed by atoms with Gasteiger partial charge in [-0.1, -0.05) is 0 Å². The van der Waals surface area contributed by atoms with Gasteiger partial charge in [0.2, 0.25) is 17.7 Å². The van der Waals surface area contributed by atoms with Gasteiger partial charge in [0.1, 0.15) is 0 Å². The number of hydrogen-bond acceptors (Lipinski definition) is 6. The summed E-state index contributed by atoms with van der Waals surface area (Å²) in [4.78, 5) is 31.6. The Balaban J connectivity index is 1.66. The van der Waals surface area contributed by atoms with Crippen molar-refractivity contribution in [2.45, 2.75) is 39.7 Å². The lowest BCUT2D eigenvalue weighted by atomic mass is 10.2. The molecule has 3 heterocycles. The monoisotopic (exact) mass is 460 g/mol. The van der Waals surface area contributed by atoms with Gasteiger partial charge in [-0.05, 0) is 24.6 Å². The Morgan fingerprint density at radius 3 is 2.67 bits per heavy atom. The summed E-state index contributed by atoms with van der Waals surface area (Å²) in [5.41, 5.74) is 2.75. The fraction of sp³-hybridized carbons (Fsp3) is 0.409. The summed E-state index contributed by atoms with van der Waals surface area (Å²) in [6, 6.07) is 3.57. The van der Waals surface area contributed by atoms with Crippen LogP contribution in [0.25, 0.3) is 10.9 Å². The Morgan fingerprint density at radius 2 is 1.97 bits per heavy atom. The van der Waals surface area contributed by atoms with E-state index < -0.39 is 12.5 Å². The molecule has 2 amide bonds. The Bertz CT molecular complexity index is 1140. The first kappa shape index (κ1) is 24.0. The second-order valence-corrected chi connectivity index (χ2v) is 7.85. The van der Waals surface area contributed by atoms with Crippen LogP contribution in [0.15, 0.2) is 30.7 Å². The van der Waals surface area contributed by atoms with E-state index >= 15 is 0 Å². The number of carbonyl (C=O) groups is 2. The van der Waals surface area contributed by atoms with Crippen molar-refractivity contribution in [3.8, 4) is 5.88 Å². The van der Waals surface area contributed by atoms with Crippen molar-refractivity contribution in [2.75, 3.05) is 19.7 Å². The van der Waals surface area contributed by atoms with E-state index in [0.717, 1.165) is 17.9 Å². The number of hydrogen-bond donors (Lipinski definition) is 2. The number of rotatable bonds is 10. The topological polar surface area (TPSA) is 111 Å². The molecule has 0 atom stereocenters. The van der Waals surface area contributed by atoms with E-state index in [4.69, 9.17) is 4.74 Å². The predicted octanol–water partition coefficient (Wildman–Crippen LogP) is 2.01. The number of carbonyl (C=O) groups excluding carboxylic acids is 2. The van der Waals surface area contributed by atoms with Crippen LogP contribution in [0.5, 0.6) is 5.88 Å². The summed E-state index contributed by atoms with van der Waals surface area (Å²) >= 11 is 0. The van der Waals surface area contributed by atoms with Crippen LogP contribution in [0, 0.1) is 6.92 Å².